The van der Waals surface area contributed by atoms with Gasteiger partial charge in [-0.05, 0) is 77.0 Å². The predicted molar refractivity (Wildman–Crippen MR) is 338 cm³/mol. The van der Waals surface area contributed by atoms with Gasteiger partial charge >= 0.3 is 5.97 Å². The highest BCUT2D eigenvalue weighted by molar-refractivity contribution is 5.76. The van der Waals surface area contributed by atoms with E-state index in [1.807, 2.05) is 0 Å². The first-order valence-electron chi connectivity index (χ1n) is 35.1. The van der Waals surface area contributed by atoms with Crippen molar-refractivity contribution in [1.82, 2.24) is 5.32 Å². The second-order valence-corrected chi connectivity index (χ2v) is 24.2. The molecular formula is C71H137NO5. The van der Waals surface area contributed by atoms with Crippen LogP contribution >= 0.6 is 0 Å². The van der Waals surface area contributed by atoms with E-state index in [0.29, 0.717) is 25.9 Å². The van der Waals surface area contributed by atoms with Crippen molar-refractivity contribution in [3.63, 3.8) is 0 Å². The van der Waals surface area contributed by atoms with Crippen LogP contribution < -0.4 is 5.32 Å². The van der Waals surface area contributed by atoms with Crippen molar-refractivity contribution in [3.05, 3.63) is 24.3 Å². The van der Waals surface area contributed by atoms with Crippen LogP contribution in [0.3, 0.4) is 0 Å². The second-order valence-electron chi connectivity index (χ2n) is 24.2. The fraction of sp³-hybridized carbons (Fsp3) is 0.915. The fourth-order valence-electron chi connectivity index (χ4n) is 11.1. The van der Waals surface area contributed by atoms with Gasteiger partial charge in [0, 0.05) is 12.8 Å². The molecule has 0 heterocycles. The normalized spacial score (nSPS) is 12.6. The Morgan fingerprint density at radius 2 is 0.610 bits per heavy atom. The number of allylic oxidation sites excluding steroid dienone is 4. The molecule has 0 aliphatic carbocycles. The molecule has 0 aromatic rings. The fourth-order valence-corrected chi connectivity index (χ4v) is 11.1. The van der Waals surface area contributed by atoms with Crippen molar-refractivity contribution >= 4 is 11.9 Å². The molecule has 1 amide bonds. The highest BCUT2D eigenvalue weighted by Crippen LogP contribution is 2.19. The maximum atomic E-state index is 12.5. The zero-order valence-corrected chi connectivity index (χ0v) is 52.2. The number of esters is 1. The molecule has 2 atom stereocenters. The molecule has 77 heavy (non-hydrogen) atoms. The lowest BCUT2D eigenvalue weighted by molar-refractivity contribution is -0.143. The van der Waals surface area contributed by atoms with Crippen LogP contribution in [0.1, 0.15) is 393 Å². The molecule has 456 valence electrons. The van der Waals surface area contributed by atoms with Gasteiger partial charge in [-0.15, -0.1) is 0 Å². The van der Waals surface area contributed by atoms with Crippen LogP contribution in [0.5, 0.6) is 0 Å². The summed E-state index contributed by atoms with van der Waals surface area (Å²) in [5, 5.41) is 23.4. The molecule has 0 radical (unpaired) electrons. The average Bonchev–Trinajstić information content (AvgIpc) is 3.43. The zero-order valence-electron chi connectivity index (χ0n) is 52.2. The first-order chi connectivity index (χ1) is 38.0. The third kappa shape index (κ3) is 63.4. The minimum absolute atomic E-state index is 0.00129. The summed E-state index contributed by atoms with van der Waals surface area (Å²) in [5.41, 5.74) is 0. The lowest BCUT2D eigenvalue weighted by Crippen LogP contribution is -2.45. The van der Waals surface area contributed by atoms with Crippen molar-refractivity contribution in [2.75, 3.05) is 13.2 Å². The topological polar surface area (TPSA) is 95.9 Å². The summed E-state index contributed by atoms with van der Waals surface area (Å²) >= 11 is 0. The molecule has 0 rings (SSSR count). The molecule has 6 nitrogen and oxygen atoms in total. The molecule has 0 bridgehead atoms. The van der Waals surface area contributed by atoms with E-state index in [1.54, 1.807) is 0 Å². The van der Waals surface area contributed by atoms with Gasteiger partial charge in [0.1, 0.15) is 0 Å². The highest BCUT2D eigenvalue weighted by atomic mass is 16.5. The van der Waals surface area contributed by atoms with Crippen molar-refractivity contribution in [2.24, 2.45) is 0 Å². The molecule has 0 aromatic heterocycles. The number of carbonyl (C=O) groups is 2. The summed E-state index contributed by atoms with van der Waals surface area (Å²) in [6.07, 6.45) is 83.6. The van der Waals surface area contributed by atoms with Crippen LogP contribution in [0, 0.1) is 0 Å². The number of nitrogens with one attached hydrogen (secondary N) is 1. The molecular weight excluding hydrogens is 947 g/mol. The largest absolute Gasteiger partial charge is 0.466 e. The van der Waals surface area contributed by atoms with E-state index < -0.39 is 12.1 Å². The van der Waals surface area contributed by atoms with Gasteiger partial charge in [0.2, 0.25) is 5.91 Å². The molecule has 0 aromatic carbocycles. The number of unbranched alkanes of at least 4 members (excludes halogenated alkanes) is 51. The van der Waals surface area contributed by atoms with E-state index in [2.05, 4.69) is 43.5 Å². The van der Waals surface area contributed by atoms with E-state index in [1.165, 1.54) is 315 Å². The number of aliphatic hydroxyl groups excluding tert-OH is 2. The minimum atomic E-state index is -0.671. The Morgan fingerprint density at radius 3 is 0.922 bits per heavy atom. The number of ether oxygens (including phenoxy) is 1. The molecule has 0 saturated heterocycles. The Hall–Kier alpha value is -1.66. The Labute approximate surface area is 481 Å². The van der Waals surface area contributed by atoms with E-state index in [0.717, 1.165) is 44.9 Å². The number of hydrogen-bond donors (Lipinski definition) is 3. The smallest absolute Gasteiger partial charge is 0.305 e. The Morgan fingerprint density at radius 1 is 0.351 bits per heavy atom. The number of rotatable bonds is 66. The van der Waals surface area contributed by atoms with Gasteiger partial charge in [-0.2, -0.15) is 0 Å². The van der Waals surface area contributed by atoms with Crippen molar-refractivity contribution in [1.29, 1.82) is 0 Å². The van der Waals surface area contributed by atoms with Crippen LogP contribution in [0.15, 0.2) is 24.3 Å². The number of hydrogen-bond acceptors (Lipinski definition) is 5. The maximum Gasteiger partial charge on any atom is 0.305 e. The molecule has 0 saturated carbocycles. The lowest BCUT2D eigenvalue weighted by Gasteiger charge is -2.22. The van der Waals surface area contributed by atoms with E-state index >= 15 is 0 Å². The van der Waals surface area contributed by atoms with E-state index in [9.17, 15) is 19.8 Å². The van der Waals surface area contributed by atoms with Crippen LogP contribution in [-0.2, 0) is 14.3 Å². The molecule has 0 fully saturated rings. The second kappa shape index (κ2) is 66.8. The third-order valence-corrected chi connectivity index (χ3v) is 16.5. The van der Waals surface area contributed by atoms with E-state index in [4.69, 9.17) is 4.74 Å². The van der Waals surface area contributed by atoms with Crippen LogP contribution in [0.4, 0.5) is 0 Å². The van der Waals surface area contributed by atoms with Crippen molar-refractivity contribution in [2.45, 2.75) is 405 Å². The van der Waals surface area contributed by atoms with E-state index in [-0.39, 0.29) is 18.5 Å². The summed E-state index contributed by atoms with van der Waals surface area (Å²) in [7, 11) is 0. The van der Waals surface area contributed by atoms with Gasteiger partial charge in [0.25, 0.3) is 0 Å². The standard InChI is InChI=1S/C71H137NO5/c1-3-5-7-9-11-13-15-17-19-20-21-22-23-24-26-29-32-36-39-43-47-51-55-59-63-69(74)68(67-73)72-70(75)64-60-56-52-48-44-40-37-33-30-27-25-28-31-34-38-42-46-50-54-58-62-66-77-71(76)65-61-57-53-49-45-41-35-18-16-14-12-10-8-6-4-2/h18,27,30,35,68-69,73-74H,3-17,19-26,28-29,31-34,36-67H2,1-2H3,(H,72,75)/b30-27-,35-18-. The van der Waals surface area contributed by atoms with Gasteiger partial charge in [-0.3, -0.25) is 9.59 Å². The van der Waals surface area contributed by atoms with Crippen LogP contribution in [0.25, 0.3) is 0 Å². The van der Waals surface area contributed by atoms with Gasteiger partial charge in [0.05, 0.1) is 25.4 Å². The van der Waals surface area contributed by atoms with Gasteiger partial charge < -0.3 is 20.3 Å². The number of aliphatic hydroxyl groups is 2. The number of carbonyl (C=O) groups excluding carboxylic acids is 2. The number of amides is 1. The summed E-state index contributed by atoms with van der Waals surface area (Å²) in [5.74, 6) is -0.0370. The quantitative estimate of drug-likeness (QED) is 0.0320. The highest BCUT2D eigenvalue weighted by Gasteiger charge is 2.20. The Balaban J connectivity index is 3.42. The predicted octanol–water partition coefficient (Wildman–Crippen LogP) is 22.5. The molecule has 3 N–H and O–H groups in total. The van der Waals surface area contributed by atoms with Gasteiger partial charge in [-0.25, -0.2) is 0 Å². The summed E-state index contributed by atoms with van der Waals surface area (Å²) < 4.78 is 5.48. The molecule has 6 heteroatoms. The first-order valence-corrected chi connectivity index (χ1v) is 35.1. The minimum Gasteiger partial charge on any atom is -0.466 e. The lowest BCUT2D eigenvalue weighted by atomic mass is 10.0. The SMILES string of the molecule is CCCCCCCC/C=C\CCCCCCCC(=O)OCCCCCCCCCCCC/C=C\CCCCCCCCCC(=O)NC(CO)C(O)CCCCCCCCCCCCCCCCCCCCCCCCCC. The van der Waals surface area contributed by atoms with Crippen LogP contribution in [-0.4, -0.2) is 47.4 Å². The first kappa shape index (κ1) is 75.3. The Bertz CT molecular complexity index is 1200. The van der Waals surface area contributed by atoms with Gasteiger partial charge in [-0.1, -0.05) is 327 Å². The zero-order chi connectivity index (χ0) is 55.7. The molecule has 2 unspecified atom stereocenters. The molecule has 0 aliphatic rings. The van der Waals surface area contributed by atoms with Crippen molar-refractivity contribution in [3.8, 4) is 0 Å². The van der Waals surface area contributed by atoms with Crippen molar-refractivity contribution < 1.29 is 24.5 Å². The average molecular weight is 1080 g/mol. The molecule has 0 spiro atoms. The van der Waals surface area contributed by atoms with Gasteiger partial charge in [0.15, 0.2) is 0 Å². The summed E-state index contributed by atoms with van der Waals surface area (Å²) in [6.45, 7) is 4.97. The maximum absolute atomic E-state index is 12.5. The summed E-state index contributed by atoms with van der Waals surface area (Å²) in [6, 6.07) is -0.549. The molecule has 0 aliphatic heterocycles. The monoisotopic (exact) mass is 1080 g/mol. The summed E-state index contributed by atoms with van der Waals surface area (Å²) in [4.78, 5) is 24.6. The Kier molecular flexibility index (Phi) is 65.4. The van der Waals surface area contributed by atoms with Crippen LogP contribution in [0.2, 0.25) is 0 Å². The third-order valence-electron chi connectivity index (χ3n) is 16.5.